The number of aromatic nitrogens is 1. The van der Waals surface area contributed by atoms with Gasteiger partial charge in [0.1, 0.15) is 11.5 Å². The Morgan fingerprint density at radius 3 is 2.37 bits per heavy atom. The molecule has 27 heavy (non-hydrogen) atoms. The van der Waals surface area contributed by atoms with E-state index in [1.807, 2.05) is 55.8 Å². The van der Waals surface area contributed by atoms with Crippen molar-refractivity contribution in [2.45, 2.75) is 34.3 Å². The second kappa shape index (κ2) is 8.02. The van der Waals surface area contributed by atoms with E-state index in [2.05, 4.69) is 4.98 Å². The quantitative estimate of drug-likeness (QED) is 0.554. The standard InChI is InChI=1S/C20H20N2O3S2/c1-12-6-5-7-13(2)17(12)22(15(4)23)20-21-16(11-27-20)10-25-19(24)18-14(3)8-9-26-18/h5-9,11H,10H2,1-4H3. The molecule has 0 N–H and O–H groups in total. The third kappa shape index (κ3) is 4.09. The lowest BCUT2D eigenvalue weighted by Gasteiger charge is -2.22. The number of thiophene rings is 1. The normalized spacial score (nSPS) is 10.7. The maximum absolute atomic E-state index is 12.3. The second-order valence-corrected chi connectivity index (χ2v) is 7.98. The van der Waals surface area contributed by atoms with E-state index < -0.39 is 0 Å². The highest BCUT2D eigenvalue weighted by Crippen LogP contribution is 2.33. The first-order valence-corrected chi connectivity index (χ1v) is 10.2. The van der Waals surface area contributed by atoms with Crippen LogP contribution >= 0.6 is 22.7 Å². The van der Waals surface area contributed by atoms with Gasteiger partial charge in [-0.2, -0.15) is 0 Å². The number of esters is 1. The van der Waals surface area contributed by atoms with Crippen LogP contribution in [0.5, 0.6) is 0 Å². The van der Waals surface area contributed by atoms with Crippen LogP contribution in [0.25, 0.3) is 0 Å². The Balaban J connectivity index is 1.80. The van der Waals surface area contributed by atoms with Gasteiger partial charge in [-0.15, -0.1) is 22.7 Å². The molecule has 0 aliphatic carbocycles. The van der Waals surface area contributed by atoms with E-state index in [-0.39, 0.29) is 18.5 Å². The molecule has 2 heterocycles. The Hall–Kier alpha value is -2.51. The summed E-state index contributed by atoms with van der Waals surface area (Å²) in [6.45, 7) is 7.41. The van der Waals surface area contributed by atoms with Gasteiger partial charge in [0.15, 0.2) is 5.13 Å². The number of aryl methyl sites for hydroxylation is 3. The molecular formula is C20H20N2O3S2. The third-order valence-corrected chi connectivity index (χ3v) is 5.98. The maximum atomic E-state index is 12.3. The first-order valence-electron chi connectivity index (χ1n) is 8.41. The Morgan fingerprint density at radius 1 is 1.07 bits per heavy atom. The molecule has 0 aliphatic rings. The van der Waals surface area contributed by atoms with Crippen LogP contribution in [0.3, 0.4) is 0 Å². The number of anilines is 2. The Bertz CT molecular complexity index is 971. The number of benzene rings is 1. The number of hydrogen-bond acceptors (Lipinski definition) is 6. The van der Waals surface area contributed by atoms with Gasteiger partial charge in [-0.3, -0.25) is 9.69 Å². The molecular weight excluding hydrogens is 380 g/mol. The minimum absolute atomic E-state index is 0.0746. The Morgan fingerprint density at radius 2 is 1.78 bits per heavy atom. The number of carbonyl (C=O) groups is 2. The van der Waals surface area contributed by atoms with Gasteiger partial charge in [-0.25, -0.2) is 9.78 Å². The fourth-order valence-electron chi connectivity index (χ4n) is 2.80. The van der Waals surface area contributed by atoms with Gasteiger partial charge in [0, 0.05) is 12.3 Å². The second-order valence-electron chi connectivity index (χ2n) is 6.23. The minimum atomic E-state index is -0.352. The highest BCUT2D eigenvalue weighted by Gasteiger charge is 2.22. The van der Waals surface area contributed by atoms with Gasteiger partial charge in [0.2, 0.25) is 5.91 Å². The lowest BCUT2D eigenvalue weighted by molar-refractivity contribution is -0.115. The molecule has 0 bridgehead atoms. The zero-order valence-corrected chi connectivity index (χ0v) is 17.2. The minimum Gasteiger partial charge on any atom is -0.455 e. The van der Waals surface area contributed by atoms with Gasteiger partial charge in [-0.05, 0) is 48.9 Å². The van der Waals surface area contributed by atoms with Crippen molar-refractivity contribution in [3.63, 3.8) is 0 Å². The number of hydrogen-bond donors (Lipinski definition) is 0. The van der Waals surface area contributed by atoms with Crippen LogP contribution in [0.2, 0.25) is 0 Å². The highest BCUT2D eigenvalue weighted by atomic mass is 32.1. The summed E-state index contributed by atoms with van der Waals surface area (Å²) in [5, 5.41) is 4.24. The Kier molecular flexibility index (Phi) is 5.72. The average molecular weight is 401 g/mol. The predicted octanol–water partition coefficient (Wildman–Crippen LogP) is 5.17. The maximum Gasteiger partial charge on any atom is 0.348 e. The largest absolute Gasteiger partial charge is 0.455 e. The molecule has 0 radical (unpaired) electrons. The van der Waals surface area contributed by atoms with Gasteiger partial charge < -0.3 is 4.74 Å². The summed E-state index contributed by atoms with van der Waals surface area (Å²) in [5.74, 6) is -0.463. The van der Waals surface area contributed by atoms with Crippen molar-refractivity contribution in [1.29, 1.82) is 0 Å². The van der Waals surface area contributed by atoms with E-state index in [1.54, 1.807) is 4.90 Å². The van der Waals surface area contributed by atoms with Crippen molar-refractivity contribution in [2.75, 3.05) is 4.90 Å². The van der Waals surface area contributed by atoms with Crippen LogP contribution in [-0.4, -0.2) is 16.9 Å². The SMILES string of the molecule is CC(=O)N(c1nc(COC(=O)c2sccc2C)cs1)c1c(C)cccc1C. The molecule has 7 heteroatoms. The number of thiazole rings is 1. The molecule has 0 aliphatic heterocycles. The van der Waals surface area contributed by atoms with Crippen molar-refractivity contribution in [3.05, 3.63) is 62.3 Å². The summed E-state index contributed by atoms with van der Waals surface area (Å²) >= 11 is 2.72. The fourth-order valence-corrected chi connectivity index (χ4v) is 4.47. The van der Waals surface area contributed by atoms with E-state index in [4.69, 9.17) is 4.74 Å². The molecule has 5 nitrogen and oxygen atoms in total. The van der Waals surface area contributed by atoms with Crippen LogP contribution in [0.1, 0.15) is 39.0 Å². The molecule has 0 spiro atoms. The summed E-state index contributed by atoms with van der Waals surface area (Å²) in [6, 6.07) is 7.79. The summed E-state index contributed by atoms with van der Waals surface area (Å²) in [6.07, 6.45) is 0. The molecule has 0 unspecified atom stereocenters. The first kappa shape index (κ1) is 19.3. The summed E-state index contributed by atoms with van der Waals surface area (Å²) < 4.78 is 5.37. The van der Waals surface area contributed by atoms with E-state index in [0.29, 0.717) is 15.7 Å². The zero-order chi connectivity index (χ0) is 19.6. The number of rotatable bonds is 5. The Labute approximate surface area is 166 Å². The third-order valence-electron chi connectivity index (χ3n) is 4.11. The number of amides is 1. The molecule has 2 aromatic heterocycles. The number of nitrogens with zero attached hydrogens (tertiary/aromatic N) is 2. The van der Waals surface area contributed by atoms with Crippen molar-refractivity contribution >= 4 is 45.4 Å². The van der Waals surface area contributed by atoms with Crippen molar-refractivity contribution in [2.24, 2.45) is 0 Å². The van der Waals surface area contributed by atoms with Gasteiger partial charge >= 0.3 is 5.97 Å². The van der Waals surface area contributed by atoms with Crippen molar-refractivity contribution in [1.82, 2.24) is 4.98 Å². The van der Waals surface area contributed by atoms with E-state index in [9.17, 15) is 9.59 Å². The van der Waals surface area contributed by atoms with E-state index in [0.717, 1.165) is 22.4 Å². The monoisotopic (exact) mass is 400 g/mol. The van der Waals surface area contributed by atoms with Crippen molar-refractivity contribution < 1.29 is 14.3 Å². The number of para-hydroxylation sites is 1. The van der Waals surface area contributed by atoms with Crippen LogP contribution in [0.4, 0.5) is 10.8 Å². The predicted molar refractivity (Wildman–Crippen MR) is 109 cm³/mol. The van der Waals surface area contributed by atoms with Crippen LogP contribution in [0, 0.1) is 20.8 Å². The summed E-state index contributed by atoms with van der Waals surface area (Å²) in [5.41, 5.74) is 4.37. The molecule has 140 valence electrons. The van der Waals surface area contributed by atoms with E-state index in [1.165, 1.54) is 29.6 Å². The lowest BCUT2D eigenvalue weighted by Crippen LogP contribution is -2.24. The van der Waals surface area contributed by atoms with Crippen LogP contribution < -0.4 is 4.90 Å². The molecule has 1 amide bonds. The fraction of sp³-hybridized carbons (Fsp3) is 0.250. The topological polar surface area (TPSA) is 59.5 Å². The van der Waals surface area contributed by atoms with Crippen LogP contribution in [0.15, 0.2) is 35.0 Å². The first-order chi connectivity index (χ1) is 12.9. The van der Waals surface area contributed by atoms with Gasteiger partial charge in [0.25, 0.3) is 0 Å². The van der Waals surface area contributed by atoms with Gasteiger partial charge in [0.05, 0.1) is 11.4 Å². The average Bonchev–Trinajstić information content (AvgIpc) is 3.24. The molecule has 0 saturated carbocycles. The lowest BCUT2D eigenvalue weighted by atomic mass is 10.1. The van der Waals surface area contributed by atoms with Crippen LogP contribution in [-0.2, 0) is 16.1 Å². The molecule has 3 aromatic rings. The highest BCUT2D eigenvalue weighted by molar-refractivity contribution is 7.14. The molecule has 1 aromatic carbocycles. The summed E-state index contributed by atoms with van der Waals surface area (Å²) in [4.78, 5) is 31.2. The van der Waals surface area contributed by atoms with Gasteiger partial charge in [-0.1, -0.05) is 18.2 Å². The number of ether oxygens (including phenoxy) is 1. The zero-order valence-electron chi connectivity index (χ0n) is 15.6. The molecule has 0 fully saturated rings. The molecule has 0 atom stereocenters. The molecule has 3 rings (SSSR count). The number of carbonyl (C=O) groups excluding carboxylic acids is 2. The van der Waals surface area contributed by atoms with E-state index >= 15 is 0 Å². The molecule has 0 saturated heterocycles. The van der Waals surface area contributed by atoms with Crippen molar-refractivity contribution in [3.8, 4) is 0 Å². The smallest absolute Gasteiger partial charge is 0.348 e. The summed E-state index contributed by atoms with van der Waals surface area (Å²) in [7, 11) is 0.